The van der Waals surface area contributed by atoms with Gasteiger partial charge in [0.2, 0.25) is 0 Å². The number of nitrogens with zero attached hydrogens (tertiary/aromatic N) is 1. The molecule has 6 heteroatoms. The second kappa shape index (κ2) is 8.38. The van der Waals surface area contributed by atoms with E-state index in [4.69, 9.17) is 9.47 Å². The van der Waals surface area contributed by atoms with Crippen LogP contribution in [0.3, 0.4) is 0 Å². The van der Waals surface area contributed by atoms with Crippen molar-refractivity contribution in [3.8, 4) is 16.9 Å². The summed E-state index contributed by atoms with van der Waals surface area (Å²) in [5.74, 6) is 0.269. The van der Waals surface area contributed by atoms with Crippen molar-refractivity contribution in [1.82, 2.24) is 0 Å². The number of hydrogen-bond donors (Lipinski definition) is 0. The van der Waals surface area contributed by atoms with E-state index in [0.29, 0.717) is 11.3 Å². The summed E-state index contributed by atoms with van der Waals surface area (Å²) in [4.78, 5) is 11.8. The zero-order valence-electron chi connectivity index (χ0n) is 15.6. The van der Waals surface area contributed by atoms with Gasteiger partial charge in [-0.2, -0.15) is 0 Å². The van der Waals surface area contributed by atoms with Gasteiger partial charge in [-0.15, -0.1) is 0 Å². The largest absolute Gasteiger partial charge is 0.591 e. The second-order valence-electron chi connectivity index (χ2n) is 6.62. The summed E-state index contributed by atoms with van der Waals surface area (Å²) in [5.41, 5.74) is 2.90. The summed E-state index contributed by atoms with van der Waals surface area (Å²) in [6.45, 7) is 5.60. The molecule has 2 rings (SSSR count). The molecule has 26 heavy (non-hydrogen) atoms. The van der Waals surface area contributed by atoms with E-state index in [1.54, 1.807) is 31.5 Å². The fourth-order valence-corrected chi connectivity index (χ4v) is 2.76. The lowest BCUT2D eigenvalue weighted by Gasteiger charge is -2.18. The lowest BCUT2D eigenvalue weighted by Crippen LogP contribution is -2.25. The molecule has 0 spiro atoms. The molecule has 138 valence electrons. The Kier molecular flexibility index (Phi) is 6.45. The third-order valence-corrected chi connectivity index (χ3v) is 5.01. The van der Waals surface area contributed by atoms with Crippen LogP contribution < -0.4 is 4.74 Å². The van der Waals surface area contributed by atoms with Gasteiger partial charge in [0, 0.05) is 5.56 Å². The summed E-state index contributed by atoms with van der Waals surface area (Å²) in [6, 6.07) is 12.7. The summed E-state index contributed by atoms with van der Waals surface area (Å²) >= 11 is -1.37. The van der Waals surface area contributed by atoms with Crippen LogP contribution in [-0.2, 0) is 16.1 Å². The average molecular weight is 373 g/mol. The Labute approximate surface area is 157 Å². The predicted octanol–water partition coefficient (Wildman–Crippen LogP) is 4.03. The van der Waals surface area contributed by atoms with Crippen molar-refractivity contribution in [2.75, 3.05) is 14.2 Å². The minimum absolute atomic E-state index is 0.399. The first-order valence-corrected chi connectivity index (χ1v) is 9.20. The molecule has 0 N–H and O–H groups in total. The van der Waals surface area contributed by atoms with Gasteiger partial charge < -0.3 is 14.0 Å². The molecule has 0 amide bonds. The maximum atomic E-state index is 12.2. The lowest BCUT2D eigenvalue weighted by atomic mass is 9.98. The Balaban J connectivity index is 2.49. The third-order valence-electron chi connectivity index (χ3n) is 3.66. The number of esters is 1. The molecule has 0 saturated heterocycles. The van der Waals surface area contributed by atoms with Crippen molar-refractivity contribution in [1.29, 1.82) is 0 Å². The predicted molar refractivity (Wildman–Crippen MR) is 105 cm³/mol. The lowest BCUT2D eigenvalue weighted by molar-refractivity contribution is 0.0601. The van der Waals surface area contributed by atoms with Gasteiger partial charge in [-0.3, -0.25) is 0 Å². The molecule has 1 unspecified atom stereocenters. The van der Waals surface area contributed by atoms with Gasteiger partial charge in [0.25, 0.3) is 0 Å². The quantitative estimate of drug-likeness (QED) is 0.451. The van der Waals surface area contributed by atoms with Gasteiger partial charge in [0.1, 0.15) is 21.9 Å². The highest BCUT2D eigenvalue weighted by Crippen LogP contribution is 2.28. The van der Waals surface area contributed by atoms with Crippen molar-refractivity contribution < 1.29 is 18.8 Å². The SMILES string of the molecule is COC(=O)c1cccc(-c2ccc(OC)cc2/C=N/[S+]([O-])C(C)(C)C)c1. The molecule has 2 aromatic rings. The Morgan fingerprint density at radius 3 is 2.50 bits per heavy atom. The van der Waals surface area contributed by atoms with E-state index < -0.39 is 22.1 Å². The van der Waals surface area contributed by atoms with Crippen molar-refractivity contribution in [3.63, 3.8) is 0 Å². The molecule has 0 fully saturated rings. The van der Waals surface area contributed by atoms with Crippen LogP contribution in [0.15, 0.2) is 46.9 Å². The van der Waals surface area contributed by atoms with Gasteiger partial charge in [0.05, 0.1) is 26.0 Å². The van der Waals surface area contributed by atoms with Crippen molar-refractivity contribution in [3.05, 3.63) is 53.6 Å². The molecular formula is C20H23NO4S. The Hall–Kier alpha value is -2.31. The second-order valence-corrected chi connectivity index (χ2v) is 8.56. The molecule has 0 aliphatic carbocycles. The van der Waals surface area contributed by atoms with E-state index in [-0.39, 0.29) is 0 Å². The summed E-state index contributed by atoms with van der Waals surface area (Å²) in [7, 11) is 2.93. The number of carbonyl (C=O) groups excluding carboxylic acids is 1. The Bertz CT molecular complexity index is 812. The van der Waals surface area contributed by atoms with Gasteiger partial charge in [-0.1, -0.05) is 22.6 Å². The van der Waals surface area contributed by atoms with Crippen LogP contribution >= 0.6 is 0 Å². The van der Waals surface area contributed by atoms with Gasteiger partial charge >= 0.3 is 5.97 Å². The average Bonchev–Trinajstić information content (AvgIpc) is 2.64. The number of benzene rings is 2. The third kappa shape index (κ3) is 4.86. The van der Waals surface area contributed by atoms with Crippen molar-refractivity contribution in [2.24, 2.45) is 4.40 Å². The smallest absolute Gasteiger partial charge is 0.337 e. The fourth-order valence-electron chi connectivity index (χ4n) is 2.23. The minimum atomic E-state index is -1.37. The van der Waals surface area contributed by atoms with Crippen LogP contribution in [0.2, 0.25) is 0 Å². The molecule has 0 heterocycles. The number of ether oxygens (including phenoxy) is 2. The van der Waals surface area contributed by atoms with E-state index in [1.165, 1.54) is 7.11 Å². The van der Waals surface area contributed by atoms with E-state index >= 15 is 0 Å². The van der Waals surface area contributed by atoms with Gasteiger partial charge in [-0.25, -0.2) is 4.79 Å². The van der Waals surface area contributed by atoms with Crippen LogP contribution in [0.4, 0.5) is 0 Å². The van der Waals surface area contributed by atoms with Crippen LogP contribution in [-0.4, -0.2) is 35.7 Å². The van der Waals surface area contributed by atoms with E-state index in [9.17, 15) is 9.35 Å². The Morgan fingerprint density at radius 1 is 1.15 bits per heavy atom. The van der Waals surface area contributed by atoms with E-state index in [1.807, 2.05) is 45.0 Å². The van der Waals surface area contributed by atoms with Crippen molar-refractivity contribution in [2.45, 2.75) is 25.5 Å². The number of carbonyl (C=O) groups is 1. The molecule has 0 aliphatic rings. The molecule has 5 nitrogen and oxygen atoms in total. The fraction of sp³-hybridized carbons (Fsp3) is 0.300. The molecular weight excluding hydrogens is 350 g/mol. The molecule has 0 aliphatic heterocycles. The maximum Gasteiger partial charge on any atom is 0.337 e. The summed E-state index contributed by atoms with van der Waals surface area (Å²) in [5, 5.41) is 0. The van der Waals surface area contributed by atoms with Crippen molar-refractivity contribution >= 4 is 23.5 Å². The van der Waals surface area contributed by atoms with Crippen LogP contribution in [0.25, 0.3) is 11.1 Å². The van der Waals surface area contributed by atoms with Crippen LogP contribution in [0.1, 0.15) is 36.7 Å². The molecule has 0 aromatic heterocycles. The minimum Gasteiger partial charge on any atom is -0.591 e. The highest BCUT2D eigenvalue weighted by molar-refractivity contribution is 7.91. The molecule has 0 saturated carbocycles. The first-order chi connectivity index (χ1) is 12.3. The highest BCUT2D eigenvalue weighted by atomic mass is 32.2. The first kappa shape index (κ1) is 20.0. The topological polar surface area (TPSA) is 71.0 Å². The monoisotopic (exact) mass is 373 g/mol. The van der Waals surface area contributed by atoms with E-state index in [2.05, 4.69) is 4.40 Å². The highest BCUT2D eigenvalue weighted by Gasteiger charge is 2.26. The summed E-state index contributed by atoms with van der Waals surface area (Å²) < 4.78 is 26.1. The summed E-state index contributed by atoms with van der Waals surface area (Å²) in [6.07, 6.45) is 1.59. The van der Waals surface area contributed by atoms with Crippen LogP contribution in [0, 0.1) is 0 Å². The standard InChI is InChI=1S/C20H23NO4S/c1-20(2,3)26(23)21-13-16-12-17(24-4)9-10-18(16)14-7-6-8-15(11-14)19(22)25-5/h6-13H,1-5H3/b21-13+. The zero-order valence-corrected chi connectivity index (χ0v) is 16.4. The zero-order chi connectivity index (χ0) is 19.3. The first-order valence-electron chi connectivity index (χ1n) is 8.09. The molecule has 0 bridgehead atoms. The van der Waals surface area contributed by atoms with Crippen LogP contribution in [0.5, 0.6) is 5.75 Å². The Morgan fingerprint density at radius 2 is 1.88 bits per heavy atom. The molecule has 1 atom stereocenters. The number of hydrogen-bond acceptors (Lipinski definition) is 5. The van der Waals surface area contributed by atoms with Gasteiger partial charge in [-0.05, 0) is 56.2 Å². The number of methoxy groups -OCH3 is 2. The van der Waals surface area contributed by atoms with E-state index in [0.717, 1.165) is 16.7 Å². The van der Waals surface area contributed by atoms with Gasteiger partial charge in [0.15, 0.2) is 0 Å². The maximum absolute atomic E-state index is 12.2. The molecule has 2 aromatic carbocycles. The normalized spacial score (nSPS) is 12.8. The number of rotatable bonds is 5. The molecule has 0 radical (unpaired) electrons.